The predicted octanol–water partition coefficient (Wildman–Crippen LogP) is 0.621. The number of nitrogens with one attached hydrogen (secondary N) is 1. The molecule has 5 heteroatoms. The van der Waals surface area contributed by atoms with Crippen molar-refractivity contribution in [1.29, 1.82) is 0 Å². The number of likely N-dealkylation sites (tertiary alicyclic amines) is 1. The van der Waals surface area contributed by atoms with Crippen LogP contribution in [0.25, 0.3) is 0 Å². The first-order valence-electron chi connectivity index (χ1n) is 7.52. The van der Waals surface area contributed by atoms with Gasteiger partial charge in [-0.3, -0.25) is 9.59 Å². The molecule has 0 aromatic rings. The minimum absolute atomic E-state index is 0.0230. The summed E-state index contributed by atoms with van der Waals surface area (Å²) < 4.78 is 0. The van der Waals surface area contributed by atoms with Gasteiger partial charge >= 0.3 is 0 Å². The number of carbonyl (C=O) groups is 2. The van der Waals surface area contributed by atoms with Crippen molar-refractivity contribution in [3.8, 4) is 0 Å². The van der Waals surface area contributed by atoms with Gasteiger partial charge in [0.25, 0.3) is 0 Å². The summed E-state index contributed by atoms with van der Waals surface area (Å²) in [4.78, 5) is 28.2. The minimum atomic E-state index is -0.365. The summed E-state index contributed by atoms with van der Waals surface area (Å²) in [6, 6.07) is -0.365. The average Bonchev–Trinajstić information content (AvgIpc) is 2.44. The maximum Gasteiger partial charge on any atom is 0.240 e. The summed E-state index contributed by atoms with van der Waals surface area (Å²) in [5.74, 6) is 0.828. The maximum atomic E-state index is 12.3. The maximum absolute atomic E-state index is 12.3. The topological polar surface area (TPSA) is 52.7 Å². The van der Waals surface area contributed by atoms with E-state index in [0.29, 0.717) is 19.0 Å². The fourth-order valence-electron chi connectivity index (χ4n) is 2.85. The van der Waals surface area contributed by atoms with Crippen molar-refractivity contribution >= 4 is 11.8 Å². The SMILES string of the molecule is C=CCN1CCNC(CC(=O)N2CCC(C)CC2)C1=O. The first-order chi connectivity index (χ1) is 9.61. The normalized spacial score (nSPS) is 24.9. The number of nitrogens with zero attached hydrogens (tertiary/aromatic N) is 2. The Morgan fingerprint density at radius 2 is 2.10 bits per heavy atom. The molecule has 0 aliphatic carbocycles. The lowest BCUT2D eigenvalue weighted by atomic mass is 9.98. The minimum Gasteiger partial charge on any atom is -0.343 e. The van der Waals surface area contributed by atoms with Crippen molar-refractivity contribution < 1.29 is 9.59 Å². The number of hydrogen-bond acceptors (Lipinski definition) is 3. The van der Waals surface area contributed by atoms with Gasteiger partial charge in [0.2, 0.25) is 11.8 Å². The van der Waals surface area contributed by atoms with Crippen molar-refractivity contribution in [1.82, 2.24) is 15.1 Å². The molecule has 2 heterocycles. The van der Waals surface area contributed by atoms with Crippen LogP contribution in [0, 0.1) is 5.92 Å². The molecular formula is C15H25N3O2. The molecule has 0 aromatic heterocycles. The standard InChI is InChI=1S/C15H25N3O2/c1-3-7-18-10-6-16-13(15(18)20)11-14(19)17-8-4-12(2)5-9-17/h3,12-13,16H,1,4-11H2,2H3. The molecule has 2 aliphatic heterocycles. The molecule has 0 bridgehead atoms. The second kappa shape index (κ2) is 6.88. The van der Waals surface area contributed by atoms with Gasteiger partial charge in [0, 0.05) is 32.7 Å². The molecule has 2 rings (SSSR count). The van der Waals surface area contributed by atoms with Crippen LogP contribution in [-0.4, -0.2) is 60.4 Å². The molecule has 0 spiro atoms. The summed E-state index contributed by atoms with van der Waals surface area (Å²) >= 11 is 0. The molecule has 1 unspecified atom stereocenters. The lowest BCUT2D eigenvalue weighted by Crippen LogP contribution is -2.56. The largest absolute Gasteiger partial charge is 0.343 e. The zero-order valence-corrected chi connectivity index (χ0v) is 12.3. The Morgan fingerprint density at radius 1 is 1.40 bits per heavy atom. The second-order valence-corrected chi connectivity index (χ2v) is 5.85. The fraction of sp³-hybridized carbons (Fsp3) is 0.733. The van der Waals surface area contributed by atoms with E-state index < -0.39 is 0 Å². The highest BCUT2D eigenvalue weighted by Crippen LogP contribution is 2.17. The van der Waals surface area contributed by atoms with Crippen molar-refractivity contribution in [2.75, 3.05) is 32.7 Å². The Morgan fingerprint density at radius 3 is 2.75 bits per heavy atom. The van der Waals surface area contributed by atoms with Crippen molar-refractivity contribution in [2.45, 2.75) is 32.2 Å². The Labute approximate surface area is 121 Å². The van der Waals surface area contributed by atoms with Gasteiger partial charge in [-0.2, -0.15) is 0 Å². The van der Waals surface area contributed by atoms with Crippen molar-refractivity contribution in [3.63, 3.8) is 0 Å². The molecule has 5 nitrogen and oxygen atoms in total. The summed E-state index contributed by atoms with van der Waals surface area (Å²) in [5.41, 5.74) is 0. The van der Waals surface area contributed by atoms with E-state index in [1.54, 1.807) is 11.0 Å². The molecule has 2 aliphatic rings. The molecule has 2 fully saturated rings. The third-order valence-corrected chi connectivity index (χ3v) is 4.25. The summed E-state index contributed by atoms with van der Waals surface area (Å²) in [6.45, 7) is 9.55. The van der Waals surface area contributed by atoms with Crippen LogP contribution < -0.4 is 5.32 Å². The van der Waals surface area contributed by atoms with Crippen LogP contribution in [0.5, 0.6) is 0 Å². The van der Waals surface area contributed by atoms with E-state index in [1.807, 2.05) is 4.90 Å². The first-order valence-corrected chi connectivity index (χ1v) is 7.52. The molecule has 1 atom stereocenters. The highest BCUT2D eigenvalue weighted by Gasteiger charge is 2.31. The monoisotopic (exact) mass is 279 g/mol. The molecule has 112 valence electrons. The van der Waals surface area contributed by atoms with Gasteiger partial charge in [0.1, 0.15) is 0 Å². The number of piperidine rings is 1. The quantitative estimate of drug-likeness (QED) is 0.768. The molecule has 2 amide bonds. The van der Waals surface area contributed by atoms with Crippen LogP contribution in [0.4, 0.5) is 0 Å². The number of amides is 2. The van der Waals surface area contributed by atoms with Crippen LogP contribution in [0.15, 0.2) is 12.7 Å². The van der Waals surface area contributed by atoms with E-state index in [0.717, 1.165) is 32.5 Å². The third kappa shape index (κ3) is 3.60. The van der Waals surface area contributed by atoms with Gasteiger partial charge in [0.15, 0.2) is 0 Å². The van der Waals surface area contributed by atoms with Crippen molar-refractivity contribution in [3.05, 3.63) is 12.7 Å². The molecule has 0 radical (unpaired) electrons. The van der Waals surface area contributed by atoms with E-state index in [9.17, 15) is 9.59 Å². The van der Waals surface area contributed by atoms with E-state index in [1.165, 1.54) is 0 Å². The Balaban J connectivity index is 1.87. The van der Waals surface area contributed by atoms with Gasteiger partial charge in [-0.05, 0) is 18.8 Å². The van der Waals surface area contributed by atoms with E-state index >= 15 is 0 Å². The highest BCUT2D eigenvalue weighted by molar-refractivity contribution is 5.89. The number of carbonyl (C=O) groups excluding carboxylic acids is 2. The number of rotatable bonds is 4. The molecule has 20 heavy (non-hydrogen) atoms. The number of hydrogen-bond donors (Lipinski definition) is 1. The zero-order chi connectivity index (χ0) is 14.5. The van der Waals surface area contributed by atoms with Crippen LogP contribution >= 0.6 is 0 Å². The van der Waals surface area contributed by atoms with Crippen LogP contribution in [0.3, 0.4) is 0 Å². The Bertz CT molecular complexity index is 375. The van der Waals surface area contributed by atoms with Crippen LogP contribution in [0.1, 0.15) is 26.2 Å². The predicted molar refractivity (Wildman–Crippen MR) is 78.2 cm³/mol. The van der Waals surface area contributed by atoms with Crippen LogP contribution in [-0.2, 0) is 9.59 Å². The van der Waals surface area contributed by atoms with Crippen LogP contribution in [0.2, 0.25) is 0 Å². The van der Waals surface area contributed by atoms with Gasteiger partial charge in [-0.15, -0.1) is 6.58 Å². The van der Waals surface area contributed by atoms with E-state index in [4.69, 9.17) is 0 Å². The molecule has 0 aromatic carbocycles. The third-order valence-electron chi connectivity index (χ3n) is 4.25. The van der Waals surface area contributed by atoms with E-state index in [-0.39, 0.29) is 24.3 Å². The van der Waals surface area contributed by atoms with Gasteiger partial charge in [-0.25, -0.2) is 0 Å². The molecule has 2 saturated heterocycles. The lowest BCUT2D eigenvalue weighted by molar-refractivity contribution is -0.141. The summed E-state index contributed by atoms with van der Waals surface area (Å²) in [5, 5.41) is 3.16. The van der Waals surface area contributed by atoms with Gasteiger partial charge in [0.05, 0.1) is 12.5 Å². The second-order valence-electron chi connectivity index (χ2n) is 5.85. The fourth-order valence-corrected chi connectivity index (χ4v) is 2.85. The average molecular weight is 279 g/mol. The summed E-state index contributed by atoms with van der Waals surface area (Å²) in [6.07, 6.45) is 4.15. The van der Waals surface area contributed by atoms with Gasteiger partial charge in [-0.1, -0.05) is 13.0 Å². The molecule has 1 N–H and O–H groups in total. The smallest absolute Gasteiger partial charge is 0.240 e. The molecular weight excluding hydrogens is 254 g/mol. The van der Waals surface area contributed by atoms with Crippen molar-refractivity contribution in [2.24, 2.45) is 5.92 Å². The van der Waals surface area contributed by atoms with Gasteiger partial charge < -0.3 is 15.1 Å². The summed E-state index contributed by atoms with van der Waals surface area (Å²) in [7, 11) is 0. The van der Waals surface area contributed by atoms with E-state index in [2.05, 4.69) is 18.8 Å². The Kier molecular flexibility index (Phi) is 5.17. The number of piperazine rings is 1. The zero-order valence-electron chi connectivity index (χ0n) is 12.3. The molecule has 0 saturated carbocycles. The Hall–Kier alpha value is -1.36. The highest BCUT2D eigenvalue weighted by atomic mass is 16.2. The first kappa shape index (κ1) is 15.0. The lowest BCUT2D eigenvalue weighted by Gasteiger charge is -2.35.